The van der Waals surface area contributed by atoms with Crippen LogP contribution in [0, 0.1) is 10.1 Å². The lowest BCUT2D eigenvalue weighted by atomic mass is 10.1. The molecular formula is C11H8BrNO2. The van der Waals surface area contributed by atoms with Gasteiger partial charge in [0.25, 0.3) is 5.69 Å². The molecule has 0 saturated heterocycles. The van der Waals surface area contributed by atoms with Crippen LogP contribution in [0.5, 0.6) is 0 Å². The van der Waals surface area contributed by atoms with Gasteiger partial charge in [0.1, 0.15) is 0 Å². The number of halogens is 1. The van der Waals surface area contributed by atoms with Crippen LogP contribution in [0.4, 0.5) is 5.69 Å². The summed E-state index contributed by atoms with van der Waals surface area (Å²) in [6, 6.07) is 10.7. The van der Waals surface area contributed by atoms with Crippen LogP contribution >= 0.6 is 15.9 Å². The molecule has 0 bridgehead atoms. The molecule has 0 fully saturated rings. The Kier molecular flexibility index (Phi) is 2.68. The first-order valence-electron chi connectivity index (χ1n) is 4.44. The highest BCUT2D eigenvalue weighted by Crippen LogP contribution is 2.24. The average molecular weight is 266 g/mol. The van der Waals surface area contributed by atoms with Gasteiger partial charge in [-0.15, -0.1) is 0 Å². The molecule has 76 valence electrons. The lowest BCUT2D eigenvalue weighted by molar-refractivity contribution is -0.384. The highest BCUT2D eigenvalue weighted by Gasteiger charge is 2.07. The van der Waals surface area contributed by atoms with Crippen molar-refractivity contribution < 1.29 is 4.92 Å². The number of alkyl halides is 1. The predicted molar refractivity (Wildman–Crippen MR) is 63.2 cm³/mol. The first-order chi connectivity index (χ1) is 7.22. The van der Waals surface area contributed by atoms with E-state index in [1.165, 1.54) is 6.07 Å². The Hall–Kier alpha value is -1.42. The van der Waals surface area contributed by atoms with Crippen molar-refractivity contribution in [3.8, 4) is 0 Å². The van der Waals surface area contributed by atoms with Gasteiger partial charge < -0.3 is 0 Å². The fraction of sp³-hybridized carbons (Fsp3) is 0.0909. The summed E-state index contributed by atoms with van der Waals surface area (Å²) in [4.78, 5) is 10.2. The maximum absolute atomic E-state index is 10.6. The third-order valence-electron chi connectivity index (χ3n) is 2.31. The molecule has 2 aromatic carbocycles. The predicted octanol–water partition coefficient (Wildman–Crippen LogP) is 3.64. The minimum absolute atomic E-state index is 0.134. The molecule has 0 aromatic heterocycles. The molecule has 0 aliphatic rings. The Bertz CT molecular complexity index is 525. The van der Waals surface area contributed by atoms with E-state index in [9.17, 15) is 10.1 Å². The molecular weight excluding hydrogens is 258 g/mol. The second-order valence-electron chi connectivity index (χ2n) is 3.21. The summed E-state index contributed by atoms with van der Waals surface area (Å²) >= 11 is 3.39. The number of hydrogen-bond acceptors (Lipinski definition) is 2. The molecule has 0 aliphatic heterocycles. The molecule has 0 saturated carbocycles. The highest BCUT2D eigenvalue weighted by molar-refractivity contribution is 9.08. The van der Waals surface area contributed by atoms with Crippen LogP contribution in [0.3, 0.4) is 0 Å². The van der Waals surface area contributed by atoms with E-state index in [4.69, 9.17) is 0 Å². The van der Waals surface area contributed by atoms with E-state index in [0.29, 0.717) is 0 Å². The van der Waals surface area contributed by atoms with Gasteiger partial charge in [-0.1, -0.05) is 34.1 Å². The summed E-state index contributed by atoms with van der Waals surface area (Å²) in [5, 5.41) is 13.3. The molecule has 15 heavy (non-hydrogen) atoms. The zero-order valence-corrected chi connectivity index (χ0v) is 9.40. The van der Waals surface area contributed by atoms with Gasteiger partial charge in [0.15, 0.2) is 0 Å². The Morgan fingerprint density at radius 2 is 2.07 bits per heavy atom. The van der Waals surface area contributed by atoms with Crippen molar-refractivity contribution >= 4 is 32.4 Å². The number of non-ortho nitro benzene ring substituents is 1. The van der Waals surface area contributed by atoms with Crippen LogP contribution in [-0.4, -0.2) is 4.92 Å². The fourth-order valence-electron chi connectivity index (χ4n) is 1.57. The second-order valence-corrected chi connectivity index (χ2v) is 3.77. The zero-order chi connectivity index (χ0) is 10.8. The van der Waals surface area contributed by atoms with Crippen molar-refractivity contribution in [2.75, 3.05) is 0 Å². The SMILES string of the molecule is O=[N+]([O-])c1ccc2c(CBr)cccc2c1. The van der Waals surface area contributed by atoms with Gasteiger partial charge in [-0.05, 0) is 22.4 Å². The van der Waals surface area contributed by atoms with Crippen LogP contribution in [0.25, 0.3) is 10.8 Å². The van der Waals surface area contributed by atoms with Crippen molar-refractivity contribution in [2.24, 2.45) is 0 Å². The lowest BCUT2D eigenvalue weighted by Crippen LogP contribution is -1.88. The minimum Gasteiger partial charge on any atom is -0.258 e. The van der Waals surface area contributed by atoms with Gasteiger partial charge in [-0.3, -0.25) is 10.1 Å². The van der Waals surface area contributed by atoms with Crippen LogP contribution in [0.2, 0.25) is 0 Å². The first kappa shape index (κ1) is 10.1. The van der Waals surface area contributed by atoms with Gasteiger partial charge >= 0.3 is 0 Å². The molecule has 0 aliphatic carbocycles. The van der Waals surface area contributed by atoms with Crippen LogP contribution in [-0.2, 0) is 5.33 Å². The summed E-state index contributed by atoms with van der Waals surface area (Å²) in [5.41, 5.74) is 1.27. The van der Waals surface area contributed by atoms with Crippen molar-refractivity contribution in [1.82, 2.24) is 0 Å². The third-order valence-corrected chi connectivity index (χ3v) is 2.91. The normalized spacial score (nSPS) is 10.5. The summed E-state index contributed by atoms with van der Waals surface area (Å²) < 4.78 is 0. The van der Waals surface area contributed by atoms with E-state index in [2.05, 4.69) is 15.9 Å². The Labute approximate surface area is 95.0 Å². The van der Waals surface area contributed by atoms with Crippen LogP contribution < -0.4 is 0 Å². The standard InChI is InChI=1S/C11H8BrNO2/c12-7-9-3-1-2-8-6-10(13(14)15)4-5-11(8)9/h1-6H,7H2. The van der Waals surface area contributed by atoms with Gasteiger partial charge in [-0.2, -0.15) is 0 Å². The average Bonchev–Trinajstić information content (AvgIpc) is 2.27. The molecule has 0 radical (unpaired) electrons. The minimum atomic E-state index is -0.375. The van der Waals surface area contributed by atoms with Crippen molar-refractivity contribution in [2.45, 2.75) is 5.33 Å². The van der Waals surface area contributed by atoms with Gasteiger partial charge in [0.05, 0.1) is 4.92 Å². The smallest absolute Gasteiger partial charge is 0.258 e. The molecule has 0 spiro atoms. The van der Waals surface area contributed by atoms with E-state index in [0.717, 1.165) is 21.7 Å². The van der Waals surface area contributed by atoms with E-state index in [1.54, 1.807) is 12.1 Å². The summed E-state index contributed by atoms with van der Waals surface area (Å²) in [6.45, 7) is 0. The number of benzene rings is 2. The molecule has 0 heterocycles. The Morgan fingerprint density at radius 3 is 2.73 bits per heavy atom. The quantitative estimate of drug-likeness (QED) is 0.473. The van der Waals surface area contributed by atoms with Gasteiger partial charge in [-0.25, -0.2) is 0 Å². The summed E-state index contributed by atoms with van der Waals surface area (Å²) in [5.74, 6) is 0. The third kappa shape index (κ3) is 1.85. The molecule has 3 nitrogen and oxygen atoms in total. The maximum Gasteiger partial charge on any atom is 0.270 e. The number of nitro groups is 1. The van der Waals surface area contributed by atoms with E-state index >= 15 is 0 Å². The monoisotopic (exact) mass is 265 g/mol. The maximum atomic E-state index is 10.6. The second kappa shape index (κ2) is 3.98. The molecule has 4 heteroatoms. The Morgan fingerprint density at radius 1 is 1.27 bits per heavy atom. The molecule has 2 aromatic rings. The number of rotatable bonds is 2. The molecule has 0 N–H and O–H groups in total. The topological polar surface area (TPSA) is 43.1 Å². The number of nitro benzene ring substituents is 1. The highest BCUT2D eigenvalue weighted by atomic mass is 79.9. The molecule has 0 amide bonds. The molecule has 0 unspecified atom stereocenters. The van der Waals surface area contributed by atoms with E-state index in [1.807, 2.05) is 18.2 Å². The van der Waals surface area contributed by atoms with E-state index < -0.39 is 0 Å². The number of hydrogen-bond donors (Lipinski definition) is 0. The lowest BCUT2D eigenvalue weighted by Gasteiger charge is -2.02. The van der Waals surface area contributed by atoms with Gasteiger partial charge in [0.2, 0.25) is 0 Å². The Balaban J connectivity index is 2.69. The van der Waals surface area contributed by atoms with E-state index in [-0.39, 0.29) is 10.6 Å². The summed E-state index contributed by atoms with van der Waals surface area (Å²) in [7, 11) is 0. The van der Waals surface area contributed by atoms with Crippen LogP contribution in [0.15, 0.2) is 36.4 Å². The number of nitrogens with zero attached hydrogens (tertiary/aromatic N) is 1. The summed E-state index contributed by atoms with van der Waals surface area (Å²) in [6.07, 6.45) is 0. The van der Waals surface area contributed by atoms with Crippen LogP contribution in [0.1, 0.15) is 5.56 Å². The fourth-order valence-corrected chi connectivity index (χ4v) is 2.06. The molecule has 2 rings (SSSR count). The number of fused-ring (bicyclic) bond motifs is 1. The first-order valence-corrected chi connectivity index (χ1v) is 5.56. The van der Waals surface area contributed by atoms with Crippen molar-refractivity contribution in [3.63, 3.8) is 0 Å². The molecule has 0 atom stereocenters. The van der Waals surface area contributed by atoms with Crippen molar-refractivity contribution in [1.29, 1.82) is 0 Å². The van der Waals surface area contributed by atoms with Gasteiger partial charge in [0, 0.05) is 17.5 Å². The largest absolute Gasteiger partial charge is 0.270 e. The van der Waals surface area contributed by atoms with Crippen molar-refractivity contribution in [3.05, 3.63) is 52.1 Å². The zero-order valence-electron chi connectivity index (χ0n) is 7.81.